The molecule has 2 nitrogen and oxygen atoms in total. The lowest BCUT2D eigenvalue weighted by Crippen LogP contribution is -2.27. The first-order valence-corrected chi connectivity index (χ1v) is 10.2. The van der Waals surface area contributed by atoms with E-state index in [-0.39, 0.29) is 0 Å². The van der Waals surface area contributed by atoms with Gasteiger partial charge in [-0.1, -0.05) is 0 Å². The molecule has 0 fully saturated rings. The van der Waals surface area contributed by atoms with E-state index in [0.29, 0.717) is 0 Å². The van der Waals surface area contributed by atoms with Crippen molar-refractivity contribution in [2.24, 2.45) is 0 Å². The van der Waals surface area contributed by atoms with Crippen molar-refractivity contribution in [3.05, 3.63) is 16.3 Å². The summed E-state index contributed by atoms with van der Waals surface area (Å²) in [7, 11) is -1.66. The Bertz CT molecular complexity index is 364. The van der Waals surface area contributed by atoms with Crippen LogP contribution in [0.15, 0.2) is 15.7 Å². The van der Waals surface area contributed by atoms with E-state index in [1.165, 1.54) is 0 Å². The molecule has 1 heterocycles. The number of thioether (sulfide) groups is 1. The molecule has 0 bridgehead atoms. The van der Waals surface area contributed by atoms with Crippen molar-refractivity contribution in [1.29, 1.82) is 5.26 Å². The Kier molecular flexibility index (Phi) is 4.41. The molecule has 1 atom stereocenters. The van der Waals surface area contributed by atoms with Gasteiger partial charge in [0.15, 0.2) is 14.4 Å². The summed E-state index contributed by atoms with van der Waals surface area (Å²) in [5, 5.41) is 13.2. The summed E-state index contributed by atoms with van der Waals surface area (Å²) in [4.78, 5) is 1.16. The lowest BCUT2D eigenvalue weighted by atomic mass is 10.2. The first-order valence-electron chi connectivity index (χ1n) is 4.65. The van der Waals surface area contributed by atoms with Crippen LogP contribution in [-0.4, -0.2) is 14.6 Å². The molecular formula is C10H15NOS2Si. The second-order valence-electron chi connectivity index (χ2n) is 4.13. The lowest BCUT2D eigenvalue weighted by Gasteiger charge is -2.21. The Morgan fingerprint density at radius 2 is 2.13 bits per heavy atom. The molecule has 0 saturated heterocycles. The second kappa shape index (κ2) is 5.17. The first kappa shape index (κ1) is 12.8. The van der Waals surface area contributed by atoms with Crippen LogP contribution in [0.25, 0.3) is 0 Å². The van der Waals surface area contributed by atoms with E-state index >= 15 is 0 Å². The summed E-state index contributed by atoms with van der Waals surface area (Å²) in [6.07, 6.45) is 1.62. The predicted molar refractivity (Wildman–Crippen MR) is 68.9 cm³/mol. The normalized spacial score (nSPS) is 13.5. The maximum Gasteiger partial charge on any atom is 0.186 e. The van der Waals surface area contributed by atoms with E-state index in [1.54, 1.807) is 23.1 Å². The van der Waals surface area contributed by atoms with Gasteiger partial charge < -0.3 is 4.43 Å². The molecule has 5 heteroatoms. The Hall–Kier alpha value is -0.283. The standard InChI is InChI=1S/C10H15NOS2Si/c1-13-10-7-14-6-8(10)9(5-11)12-15(2,3)4/h6-7,9H,1-4H3. The van der Waals surface area contributed by atoms with Crippen molar-refractivity contribution < 1.29 is 4.43 Å². The summed E-state index contributed by atoms with van der Waals surface area (Å²) < 4.78 is 5.84. The maximum absolute atomic E-state index is 9.12. The fourth-order valence-corrected chi connectivity index (χ4v) is 3.80. The molecule has 1 aromatic rings. The molecule has 0 spiro atoms. The number of rotatable bonds is 4. The molecule has 0 aliphatic carbocycles. The average molecular weight is 257 g/mol. The average Bonchev–Trinajstić information content (AvgIpc) is 2.60. The van der Waals surface area contributed by atoms with Crippen molar-refractivity contribution in [2.75, 3.05) is 6.26 Å². The molecule has 0 N–H and O–H groups in total. The highest BCUT2D eigenvalue weighted by Gasteiger charge is 2.24. The van der Waals surface area contributed by atoms with Crippen LogP contribution in [-0.2, 0) is 4.43 Å². The number of nitriles is 1. The molecule has 1 rings (SSSR count). The number of thiophene rings is 1. The van der Waals surface area contributed by atoms with Gasteiger partial charge in [-0.25, -0.2) is 0 Å². The summed E-state index contributed by atoms with van der Waals surface area (Å²) in [5.41, 5.74) is 1.03. The molecule has 0 aliphatic rings. The van der Waals surface area contributed by atoms with E-state index in [9.17, 15) is 0 Å². The van der Waals surface area contributed by atoms with Gasteiger partial charge in [0.05, 0.1) is 6.07 Å². The van der Waals surface area contributed by atoms with Crippen LogP contribution >= 0.6 is 23.1 Å². The minimum absolute atomic E-state index is 0.398. The highest BCUT2D eigenvalue weighted by molar-refractivity contribution is 7.98. The summed E-state index contributed by atoms with van der Waals surface area (Å²) in [6, 6.07) is 2.24. The van der Waals surface area contributed by atoms with Gasteiger partial charge >= 0.3 is 0 Å². The van der Waals surface area contributed by atoms with Crippen LogP contribution in [0.1, 0.15) is 11.7 Å². The number of nitrogens with zero attached hydrogens (tertiary/aromatic N) is 1. The molecule has 82 valence electrons. The van der Waals surface area contributed by atoms with Crippen LogP contribution in [0.2, 0.25) is 19.6 Å². The quantitative estimate of drug-likeness (QED) is 0.606. The largest absolute Gasteiger partial charge is 0.399 e. The zero-order chi connectivity index (χ0) is 11.5. The fraction of sp³-hybridized carbons (Fsp3) is 0.500. The van der Waals surface area contributed by atoms with Gasteiger partial charge in [0.1, 0.15) is 0 Å². The van der Waals surface area contributed by atoms with Gasteiger partial charge in [0.25, 0.3) is 0 Å². The highest BCUT2D eigenvalue weighted by Crippen LogP contribution is 2.32. The van der Waals surface area contributed by atoms with Crippen LogP contribution in [0.5, 0.6) is 0 Å². The van der Waals surface area contributed by atoms with Gasteiger partial charge in [0, 0.05) is 15.8 Å². The van der Waals surface area contributed by atoms with Gasteiger partial charge in [-0.2, -0.15) is 16.6 Å². The second-order valence-corrected chi connectivity index (χ2v) is 10.2. The number of hydrogen-bond donors (Lipinski definition) is 0. The van der Waals surface area contributed by atoms with E-state index in [2.05, 4.69) is 31.1 Å². The van der Waals surface area contributed by atoms with E-state index in [1.807, 2.05) is 11.6 Å². The molecule has 1 aromatic heterocycles. The monoisotopic (exact) mass is 257 g/mol. The third kappa shape index (κ3) is 3.65. The molecule has 15 heavy (non-hydrogen) atoms. The van der Waals surface area contributed by atoms with Crippen molar-refractivity contribution >= 4 is 31.4 Å². The number of hydrogen-bond acceptors (Lipinski definition) is 4. The zero-order valence-electron chi connectivity index (χ0n) is 9.40. The third-order valence-electron chi connectivity index (χ3n) is 1.75. The summed E-state index contributed by atoms with van der Waals surface area (Å²) in [6.45, 7) is 6.30. The van der Waals surface area contributed by atoms with E-state index < -0.39 is 14.4 Å². The van der Waals surface area contributed by atoms with E-state index in [0.717, 1.165) is 10.5 Å². The maximum atomic E-state index is 9.12. The smallest absolute Gasteiger partial charge is 0.186 e. The molecular weight excluding hydrogens is 242 g/mol. The fourth-order valence-electron chi connectivity index (χ4n) is 1.17. The van der Waals surface area contributed by atoms with Crippen molar-refractivity contribution in [1.82, 2.24) is 0 Å². The van der Waals surface area contributed by atoms with Gasteiger partial charge in [0.2, 0.25) is 0 Å². The van der Waals surface area contributed by atoms with Gasteiger partial charge in [-0.15, -0.1) is 11.8 Å². The van der Waals surface area contributed by atoms with Crippen LogP contribution in [0, 0.1) is 11.3 Å². The summed E-state index contributed by atoms with van der Waals surface area (Å²) >= 11 is 3.29. The van der Waals surface area contributed by atoms with Crippen molar-refractivity contribution in [3.8, 4) is 6.07 Å². The van der Waals surface area contributed by atoms with E-state index in [4.69, 9.17) is 9.69 Å². The van der Waals surface area contributed by atoms with Crippen molar-refractivity contribution in [3.63, 3.8) is 0 Å². The molecule has 0 saturated carbocycles. The molecule has 0 radical (unpaired) electrons. The molecule has 1 unspecified atom stereocenters. The predicted octanol–water partition coefficient (Wildman–Crippen LogP) is 3.89. The minimum atomic E-state index is -1.66. The highest BCUT2D eigenvalue weighted by atomic mass is 32.2. The van der Waals surface area contributed by atoms with Gasteiger partial charge in [-0.05, 0) is 31.3 Å². The molecule has 0 amide bonds. The van der Waals surface area contributed by atoms with Crippen molar-refractivity contribution in [2.45, 2.75) is 30.6 Å². The van der Waals surface area contributed by atoms with Crippen LogP contribution in [0.3, 0.4) is 0 Å². The first-order chi connectivity index (χ1) is 6.98. The lowest BCUT2D eigenvalue weighted by molar-refractivity contribution is 0.253. The Morgan fingerprint density at radius 3 is 2.60 bits per heavy atom. The molecule has 0 aliphatic heterocycles. The Labute approximate surface area is 100 Å². The zero-order valence-corrected chi connectivity index (χ0v) is 12.0. The minimum Gasteiger partial charge on any atom is -0.399 e. The topological polar surface area (TPSA) is 33.0 Å². The Morgan fingerprint density at radius 1 is 1.47 bits per heavy atom. The Balaban J connectivity index is 2.89. The van der Waals surface area contributed by atoms with Gasteiger partial charge in [-0.3, -0.25) is 0 Å². The SMILES string of the molecule is CSc1cscc1C(C#N)O[Si](C)(C)C. The van der Waals surface area contributed by atoms with Crippen LogP contribution < -0.4 is 0 Å². The third-order valence-corrected chi connectivity index (χ3v) is 4.39. The summed E-state index contributed by atoms with van der Waals surface area (Å²) in [5.74, 6) is 0. The van der Waals surface area contributed by atoms with Crippen LogP contribution in [0.4, 0.5) is 0 Å². The molecule has 0 aromatic carbocycles.